The Kier molecular flexibility index (Phi) is 9.95. The fourth-order valence-corrected chi connectivity index (χ4v) is 0.533. The van der Waals surface area contributed by atoms with Crippen molar-refractivity contribution in [3.63, 3.8) is 0 Å². The highest BCUT2D eigenvalue weighted by atomic mass is 16.5. The smallest absolute Gasteiger partial charge is 0.335 e. The molecule has 0 aromatic heterocycles. The lowest BCUT2D eigenvalue weighted by molar-refractivity contribution is -0.165. The highest BCUT2D eigenvalue weighted by Gasteiger charge is 2.29. The summed E-state index contributed by atoms with van der Waals surface area (Å²) < 4.78 is 4.55. The Labute approximate surface area is 97.4 Å². The molecule has 0 aromatic rings. The molecule has 0 aromatic carbocycles. The molecule has 0 saturated heterocycles. The summed E-state index contributed by atoms with van der Waals surface area (Å²) in [6.07, 6.45) is -4.05. The monoisotopic (exact) mass is 252 g/mol. The van der Waals surface area contributed by atoms with Crippen LogP contribution in [0.3, 0.4) is 0 Å². The van der Waals surface area contributed by atoms with Gasteiger partial charge in [0.2, 0.25) is 0 Å². The second-order valence-electron chi connectivity index (χ2n) is 2.72. The summed E-state index contributed by atoms with van der Waals surface area (Å²) in [7, 11) is 0. The third kappa shape index (κ3) is 9.27. The van der Waals surface area contributed by atoms with Gasteiger partial charge < -0.3 is 25.2 Å². The molecule has 0 saturated carbocycles. The number of ether oxygens (including phenoxy) is 1. The molecular formula is C9H16O8. The first-order chi connectivity index (χ1) is 7.77. The van der Waals surface area contributed by atoms with Crippen LogP contribution in [-0.2, 0) is 19.1 Å². The summed E-state index contributed by atoms with van der Waals surface area (Å²) in [5, 5.41) is 32.5. The van der Waals surface area contributed by atoms with Gasteiger partial charge in [0, 0.05) is 6.42 Å². The van der Waals surface area contributed by atoms with Gasteiger partial charge in [-0.15, -0.1) is 0 Å². The second kappa shape index (κ2) is 9.55. The van der Waals surface area contributed by atoms with Crippen molar-refractivity contribution in [1.82, 2.24) is 0 Å². The van der Waals surface area contributed by atoms with Gasteiger partial charge in [-0.3, -0.25) is 4.79 Å². The van der Waals surface area contributed by atoms with Crippen molar-refractivity contribution in [1.29, 1.82) is 0 Å². The lowest BCUT2D eigenvalue weighted by Gasteiger charge is -2.07. The zero-order chi connectivity index (χ0) is 14.0. The molecule has 0 fully saturated rings. The van der Waals surface area contributed by atoms with E-state index in [2.05, 4.69) is 4.74 Å². The van der Waals surface area contributed by atoms with Gasteiger partial charge in [0.05, 0.1) is 6.61 Å². The van der Waals surface area contributed by atoms with E-state index >= 15 is 0 Å². The summed E-state index contributed by atoms with van der Waals surface area (Å²) in [4.78, 5) is 29.7. The average Bonchev–Trinajstić information content (AvgIpc) is 2.27. The predicted octanol–water partition coefficient (Wildman–Crippen LogP) is -1.16. The zero-order valence-electron chi connectivity index (χ0n) is 9.49. The first kappa shape index (κ1) is 17.7. The van der Waals surface area contributed by atoms with E-state index in [9.17, 15) is 14.4 Å². The number of hydrogen-bond donors (Lipinski definition) is 4. The third-order valence-corrected chi connectivity index (χ3v) is 1.40. The maximum Gasteiger partial charge on any atom is 0.335 e. The van der Waals surface area contributed by atoms with Crippen LogP contribution in [0.25, 0.3) is 0 Å². The van der Waals surface area contributed by atoms with E-state index in [1.807, 2.05) is 0 Å². The molecule has 0 heterocycles. The van der Waals surface area contributed by atoms with Crippen LogP contribution in [0.1, 0.15) is 20.3 Å². The van der Waals surface area contributed by atoms with Gasteiger partial charge in [-0.25, -0.2) is 9.59 Å². The van der Waals surface area contributed by atoms with Crippen LogP contribution in [-0.4, -0.2) is 57.1 Å². The summed E-state index contributed by atoms with van der Waals surface area (Å²) >= 11 is 0. The standard InChI is InChI=1S/C5H10O2.C4H6O6/c1-3-5(6)7-4-2;5-1(3(7)8)2(6)4(9)10/h3-4H2,1-2H3;1-2,5-6H,(H,7,8)(H,9,10). The van der Waals surface area contributed by atoms with Crippen molar-refractivity contribution in [2.75, 3.05) is 6.61 Å². The number of hydrogen-bond acceptors (Lipinski definition) is 6. The van der Waals surface area contributed by atoms with Crippen LogP contribution in [0, 0.1) is 0 Å². The molecule has 17 heavy (non-hydrogen) atoms. The molecule has 0 amide bonds. The fraction of sp³-hybridized carbons (Fsp3) is 0.667. The minimum absolute atomic E-state index is 0.123. The van der Waals surface area contributed by atoms with Crippen molar-refractivity contribution in [2.45, 2.75) is 32.5 Å². The summed E-state index contributed by atoms with van der Waals surface area (Å²) in [6.45, 7) is 4.07. The van der Waals surface area contributed by atoms with Gasteiger partial charge >= 0.3 is 17.9 Å². The van der Waals surface area contributed by atoms with Crippen LogP contribution in [0.5, 0.6) is 0 Å². The van der Waals surface area contributed by atoms with E-state index in [0.717, 1.165) is 0 Å². The lowest BCUT2D eigenvalue weighted by atomic mass is 10.2. The van der Waals surface area contributed by atoms with Crippen LogP contribution in [0.2, 0.25) is 0 Å². The van der Waals surface area contributed by atoms with E-state index < -0.39 is 24.1 Å². The molecule has 0 radical (unpaired) electrons. The topological polar surface area (TPSA) is 141 Å². The Morgan fingerprint density at radius 2 is 1.35 bits per heavy atom. The Morgan fingerprint density at radius 1 is 1.00 bits per heavy atom. The van der Waals surface area contributed by atoms with Crippen molar-refractivity contribution >= 4 is 17.9 Å². The largest absolute Gasteiger partial charge is 0.479 e. The number of aliphatic hydroxyl groups is 2. The molecule has 0 aliphatic carbocycles. The minimum atomic E-state index is -2.27. The summed E-state index contributed by atoms with van der Waals surface area (Å²) in [5.74, 6) is -3.66. The van der Waals surface area contributed by atoms with E-state index in [1.54, 1.807) is 13.8 Å². The summed E-state index contributed by atoms with van der Waals surface area (Å²) in [6, 6.07) is 0. The van der Waals surface area contributed by atoms with E-state index in [-0.39, 0.29) is 5.97 Å². The maximum absolute atomic E-state index is 10.2. The molecule has 0 aliphatic rings. The number of aliphatic carboxylic acids is 2. The van der Waals surface area contributed by atoms with Gasteiger partial charge in [-0.1, -0.05) is 6.92 Å². The molecule has 100 valence electrons. The molecule has 0 rings (SSSR count). The molecule has 0 bridgehead atoms. The molecule has 4 N–H and O–H groups in total. The minimum Gasteiger partial charge on any atom is -0.479 e. The third-order valence-electron chi connectivity index (χ3n) is 1.40. The Bertz CT molecular complexity index is 244. The van der Waals surface area contributed by atoms with Gasteiger partial charge in [0.15, 0.2) is 12.2 Å². The Balaban J connectivity index is 0. The predicted molar refractivity (Wildman–Crippen MR) is 54.2 cm³/mol. The number of aliphatic hydroxyl groups excluding tert-OH is 2. The normalized spacial score (nSPS) is 12.7. The lowest BCUT2D eigenvalue weighted by Crippen LogP contribution is -2.39. The number of rotatable bonds is 5. The van der Waals surface area contributed by atoms with Crippen LogP contribution < -0.4 is 0 Å². The number of esters is 1. The van der Waals surface area contributed by atoms with Crippen molar-refractivity contribution in [2.24, 2.45) is 0 Å². The number of carbonyl (C=O) groups excluding carboxylic acids is 1. The Hall–Kier alpha value is -1.67. The van der Waals surface area contributed by atoms with E-state index in [1.165, 1.54) is 0 Å². The molecular weight excluding hydrogens is 236 g/mol. The average molecular weight is 252 g/mol. The molecule has 0 aliphatic heterocycles. The molecule has 2 unspecified atom stereocenters. The van der Waals surface area contributed by atoms with E-state index in [0.29, 0.717) is 13.0 Å². The molecule has 8 heteroatoms. The first-order valence-electron chi connectivity index (χ1n) is 4.75. The number of carboxylic acid groups (broad SMARTS) is 2. The van der Waals surface area contributed by atoms with Gasteiger partial charge in [0.1, 0.15) is 0 Å². The zero-order valence-corrected chi connectivity index (χ0v) is 9.49. The fourth-order valence-electron chi connectivity index (χ4n) is 0.533. The Morgan fingerprint density at radius 3 is 1.47 bits per heavy atom. The highest BCUT2D eigenvalue weighted by Crippen LogP contribution is 1.92. The van der Waals surface area contributed by atoms with Crippen LogP contribution in [0.15, 0.2) is 0 Å². The van der Waals surface area contributed by atoms with Crippen LogP contribution >= 0.6 is 0 Å². The summed E-state index contributed by atoms with van der Waals surface area (Å²) in [5.41, 5.74) is 0. The van der Waals surface area contributed by atoms with E-state index in [4.69, 9.17) is 20.4 Å². The number of carbonyl (C=O) groups is 3. The molecule has 2 atom stereocenters. The van der Waals surface area contributed by atoms with Crippen molar-refractivity contribution in [3.05, 3.63) is 0 Å². The quantitative estimate of drug-likeness (QED) is 0.449. The van der Waals surface area contributed by atoms with Crippen molar-refractivity contribution in [3.8, 4) is 0 Å². The molecule has 0 spiro atoms. The van der Waals surface area contributed by atoms with Gasteiger partial charge in [0.25, 0.3) is 0 Å². The first-order valence-corrected chi connectivity index (χ1v) is 4.75. The highest BCUT2D eigenvalue weighted by molar-refractivity contribution is 5.83. The van der Waals surface area contributed by atoms with Crippen molar-refractivity contribution < 1.29 is 39.5 Å². The second-order valence-corrected chi connectivity index (χ2v) is 2.72. The molecule has 8 nitrogen and oxygen atoms in total. The number of carboxylic acids is 2. The SMILES string of the molecule is CCOC(=O)CC.O=C(O)C(O)C(O)C(=O)O. The van der Waals surface area contributed by atoms with Gasteiger partial charge in [-0.2, -0.15) is 0 Å². The van der Waals surface area contributed by atoms with Crippen LogP contribution in [0.4, 0.5) is 0 Å². The maximum atomic E-state index is 10.2. The van der Waals surface area contributed by atoms with Gasteiger partial charge in [-0.05, 0) is 6.92 Å².